The number of carboxylic acid groups (broad SMARTS) is 1. The van der Waals surface area contributed by atoms with Crippen molar-refractivity contribution in [2.45, 2.75) is 31.7 Å². The average molecular weight is 438 g/mol. The number of hydrazone groups is 1. The minimum Gasteiger partial charge on any atom is -0.483 e. The Morgan fingerprint density at radius 1 is 1.22 bits per heavy atom. The van der Waals surface area contributed by atoms with E-state index in [1.807, 2.05) is 17.0 Å². The second-order valence-electron chi connectivity index (χ2n) is 8.27. The highest BCUT2D eigenvalue weighted by Crippen LogP contribution is 2.45. The fraction of sp³-hybridized carbons (Fsp3) is 0.348. The van der Waals surface area contributed by atoms with E-state index in [0.29, 0.717) is 48.8 Å². The minimum atomic E-state index is -0.925. The third kappa shape index (κ3) is 3.34. The molecule has 2 aromatic rings. The van der Waals surface area contributed by atoms with Crippen molar-refractivity contribution in [3.63, 3.8) is 0 Å². The van der Waals surface area contributed by atoms with Gasteiger partial charge in [-0.2, -0.15) is 5.10 Å². The number of amides is 2. The van der Waals surface area contributed by atoms with Gasteiger partial charge in [0.05, 0.1) is 5.69 Å². The SMILES string of the molecule is C[C@@H]1C(=O)NN=C2COc3cc(-c4ccccc4F)c(C4CCN(C(=O)O)CC4)cc3N21. The molecule has 32 heavy (non-hydrogen) atoms. The first-order valence-corrected chi connectivity index (χ1v) is 10.6. The van der Waals surface area contributed by atoms with Gasteiger partial charge in [0.15, 0.2) is 5.84 Å². The fourth-order valence-electron chi connectivity index (χ4n) is 4.72. The summed E-state index contributed by atoms with van der Waals surface area (Å²) < 4.78 is 20.7. The molecule has 0 radical (unpaired) electrons. The summed E-state index contributed by atoms with van der Waals surface area (Å²) in [6, 6.07) is 9.93. The number of amidine groups is 1. The first kappa shape index (κ1) is 20.3. The van der Waals surface area contributed by atoms with Crippen LogP contribution in [-0.2, 0) is 4.79 Å². The summed E-state index contributed by atoms with van der Waals surface area (Å²) in [5.41, 5.74) is 5.35. The Morgan fingerprint density at radius 3 is 2.69 bits per heavy atom. The van der Waals surface area contributed by atoms with Gasteiger partial charge in [-0.15, -0.1) is 0 Å². The van der Waals surface area contributed by atoms with Gasteiger partial charge in [0.2, 0.25) is 0 Å². The average Bonchev–Trinajstić information content (AvgIpc) is 2.80. The van der Waals surface area contributed by atoms with E-state index in [1.54, 1.807) is 25.1 Å². The maximum absolute atomic E-state index is 14.8. The molecule has 2 N–H and O–H groups in total. The van der Waals surface area contributed by atoms with Gasteiger partial charge in [-0.3, -0.25) is 4.79 Å². The second kappa shape index (κ2) is 7.81. The van der Waals surface area contributed by atoms with E-state index < -0.39 is 12.1 Å². The lowest BCUT2D eigenvalue weighted by molar-refractivity contribution is -0.122. The van der Waals surface area contributed by atoms with Crippen LogP contribution in [0.15, 0.2) is 41.5 Å². The molecule has 3 aliphatic heterocycles. The van der Waals surface area contributed by atoms with E-state index in [-0.39, 0.29) is 24.2 Å². The molecular weight excluding hydrogens is 415 g/mol. The molecule has 0 saturated carbocycles. The molecule has 2 amide bonds. The molecule has 2 aromatic carbocycles. The number of benzene rings is 2. The number of nitrogens with one attached hydrogen (secondary N) is 1. The molecule has 1 fully saturated rings. The van der Waals surface area contributed by atoms with Crippen molar-refractivity contribution in [3.8, 4) is 16.9 Å². The minimum absolute atomic E-state index is 0.0433. The number of nitrogens with zero attached hydrogens (tertiary/aromatic N) is 3. The number of likely N-dealkylation sites (tertiary alicyclic amines) is 1. The van der Waals surface area contributed by atoms with Crippen LogP contribution < -0.4 is 15.1 Å². The van der Waals surface area contributed by atoms with Crippen molar-refractivity contribution in [1.29, 1.82) is 0 Å². The van der Waals surface area contributed by atoms with Gasteiger partial charge in [0.1, 0.15) is 24.2 Å². The lowest BCUT2D eigenvalue weighted by atomic mass is 9.83. The summed E-state index contributed by atoms with van der Waals surface area (Å²) in [6.45, 7) is 2.83. The monoisotopic (exact) mass is 438 g/mol. The zero-order valence-electron chi connectivity index (χ0n) is 17.5. The van der Waals surface area contributed by atoms with Gasteiger partial charge in [-0.25, -0.2) is 14.6 Å². The van der Waals surface area contributed by atoms with Crippen molar-refractivity contribution in [2.24, 2.45) is 5.10 Å². The third-order valence-electron chi connectivity index (χ3n) is 6.46. The third-order valence-corrected chi connectivity index (χ3v) is 6.46. The summed E-state index contributed by atoms with van der Waals surface area (Å²) >= 11 is 0. The number of carbonyl (C=O) groups is 2. The molecule has 1 atom stereocenters. The van der Waals surface area contributed by atoms with Crippen LogP contribution in [0.5, 0.6) is 5.75 Å². The van der Waals surface area contributed by atoms with E-state index in [9.17, 15) is 19.1 Å². The van der Waals surface area contributed by atoms with Crippen LogP contribution in [0.3, 0.4) is 0 Å². The number of carbonyl (C=O) groups excluding carboxylic acids is 1. The summed E-state index contributed by atoms with van der Waals surface area (Å²) in [6.07, 6.45) is 0.333. The highest BCUT2D eigenvalue weighted by molar-refractivity contribution is 6.09. The molecule has 0 aromatic heterocycles. The largest absolute Gasteiger partial charge is 0.483 e. The number of rotatable bonds is 2. The Kier molecular flexibility index (Phi) is 4.96. The molecule has 3 heterocycles. The highest BCUT2D eigenvalue weighted by Gasteiger charge is 2.37. The van der Waals surface area contributed by atoms with Crippen molar-refractivity contribution in [1.82, 2.24) is 10.3 Å². The molecule has 0 unspecified atom stereocenters. The number of hydrogen-bond acceptors (Lipinski definition) is 5. The van der Waals surface area contributed by atoms with Crippen molar-refractivity contribution in [2.75, 3.05) is 24.6 Å². The normalized spacial score (nSPS) is 20.6. The molecule has 0 aliphatic carbocycles. The van der Waals surface area contributed by atoms with E-state index in [1.165, 1.54) is 11.0 Å². The van der Waals surface area contributed by atoms with Crippen LogP contribution in [0.4, 0.5) is 14.9 Å². The number of fused-ring (bicyclic) bond motifs is 3. The van der Waals surface area contributed by atoms with Crippen molar-refractivity contribution < 1.29 is 23.8 Å². The molecule has 0 spiro atoms. The van der Waals surface area contributed by atoms with Gasteiger partial charge in [-0.05, 0) is 55.0 Å². The van der Waals surface area contributed by atoms with E-state index >= 15 is 0 Å². The summed E-state index contributed by atoms with van der Waals surface area (Å²) in [5, 5.41) is 13.4. The fourth-order valence-corrected chi connectivity index (χ4v) is 4.72. The Balaban J connectivity index is 1.63. The van der Waals surface area contributed by atoms with Gasteiger partial charge in [0, 0.05) is 18.7 Å². The van der Waals surface area contributed by atoms with E-state index in [0.717, 1.165) is 11.1 Å². The van der Waals surface area contributed by atoms with E-state index in [2.05, 4.69) is 10.5 Å². The predicted octanol–water partition coefficient (Wildman–Crippen LogP) is 3.38. The molecule has 5 rings (SSSR count). The van der Waals surface area contributed by atoms with Gasteiger partial charge in [0.25, 0.3) is 5.91 Å². The quantitative estimate of drug-likeness (QED) is 0.750. The summed E-state index contributed by atoms with van der Waals surface area (Å²) in [7, 11) is 0. The lowest BCUT2D eigenvalue weighted by Gasteiger charge is -2.39. The van der Waals surface area contributed by atoms with Crippen LogP contribution >= 0.6 is 0 Å². The first-order valence-electron chi connectivity index (χ1n) is 10.6. The first-order chi connectivity index (χ1) is 15.4. The highest BCUT2D eigenvalue weighted by atomic mass is 19.1. The zero-order valence-corrected chi connectivity index (χ0v) is 17.5. The number of piperidine rings is 1. The maximum Gasteiger partial charge on any atom is 0.407 e. The molecule has 9 heteroatoms. The molecule has 1 saturated heterocycles. The van der Waals surface area contributed by atoms with Gasteiger partial charge < -0.3 is 19.6 Å². The molecular formula is C23H23FN4O4. The Morgan fingerprint density at radius 2 is 1.97 bits per heavy atom. The molecule has 0 bridgehead atoms. The molecule has 3 aliphatic rings. The maximum atomic E-state index is 14.8. The number of ether oxygens (including phenoxy) is 1. The van der Waals surface area contributed by atoms with E-state index in [4.69, 9.17) is 4.74 Å². The molecule has 8 nitrogen and oxygen atoms in total. The Bertz CT molecular complexity index is 1130. The van der Waals surface area contributed by atoms with Crippen molar-refractivity contribution >= 4 is 23.5 Å². The van der Waals surface area contributed by atoms with Crippen LogP contribution in [0.2, 0.25) is 0 Å². The van der Waals surface area contributed by atoms with Gasteiger partial charge >= 0.3 is 6.09 Å². The number of halogens is 1. The second-order valence-corrected chi connectivity index (χ2v) is 8.27. The standard InChI is InChI=1S/C23H23FN4O4/c1-13-22(29)26-25-21-12-32-20-11-17(15-4-2-3-5-18(15)24)16(10-19(20)28(13)21)14-6-8-27(9-7-14)23(30)31/h2-5,10-11,13-14H,6-9,12H2,1H3,(H,26,29)(H,30,31)/t13-/m1/s1. The van der Waals surface area contributed by atoms with Gasteiger partial charge in [-0.1, -0.05) is 18.2 Å². The van der Waals surface area contributed by atoms with Crippen molar-refractivity contribution in [3.05, 3.63) is 47.8 Å². The summed E-state index contributed by atoms with van der Waals surface area (Å²) in [4.78, 5) is 26.9. The number of anilines is 1. The smallest absolute Gasteiger partial charge is 0.407 e. The zero-order chi connectivity index (χ0) is 22.4. The topological polar surface area (TPSA) is 94.5 Å². The Hall–Kier alpha value is -3.62. The molecule has 166 valence electrons. The predicted molar refractivity (Wildman–Crippen MR) is 116 cm³/mol. The van der Waals surface area contributed by atoms with Crippen LogP contribution in [0, 0.1) is 5.82 Å². The van der Waals surface area contributed by atoms with Crippen LogP contribution in [0.25, 0.3) is 11.1 Å². The van der Waals surface area contributed by atoms with Crippen LogP contribution in [-0.4, -0.2) is 53.6 Å². The Labute approximate surface area is 184 Å². The summed E-state index contributed by atoms with van der Waals surface area (Å²) in [5.74, 6) is 0.670. The lowest BCUT2D eigenvalue weighted by Crippen LogP contribution is -2.55. The van der Waals surface area contributed by atoms with Crippen LogP contribution in [0.1, 0.15) is 31.2 Å². The number of hydrogen-bond donors (Lipinski definition) is 2.